The molecule has 0 unspecified atom stereocenters. The van der Waals surface area contributed by atoms with Crippen LogP contribution in [0.2, 0.25) is 0 Å². The topological polar surface area (TPSA) is 136 Å². The molecule has 9 nitrogen and oxygen atoms in total. The lowest BCUT2D eigenvalue weighted by Crippen LogP contribution is -2.40. The van der Waals surface area contributed by atoms with E-state index in [4.69, 9.17) is 5.14 Å². The van der Waals surface area contributed by atoms with Gasteiger partial charge in [0, 0.05) is 31.6 Å². The summed E-state index contributed by atoms with van der Waals surface area (Å²) in [6.07, 6.45) is 1.16. The van der Waals surface area contributed by atoms with E-state index in [-0.39, 0.29) is 29.0 Å². The SMILES string of the molecule is NS(=O)(=O)c1cccc(CNC(=O)C2CCN(c3ccccc3[N+](=O)[O-])CC2)c1. The monoisotopic (exact) mass is 418 g/mol. The number of para-hydroxylation sites is 2. The molecule has 2 aromatic carbocycles. The standard InChI is InChI=1S/C19H22N4O5S/c20-29(27,28)16-5-3-4-14(12-16)13-21-19(24)15-8-10-22(11-9-15)17-6-1-2-7-18(17)23(25)26/h1-7,12,15H,8-11,13H2,(H,21,24)(H2,20,27,28). The summed E-state index contributed by atoms with van der Waals surface area (Å²) in [5, 5.41) is 19.2. The van der Waals surface area contributed by atoms with Crippen molar-refractivity contribution in [3.63, 3.8) is 0 Å². The maximum atomic E-state index is 12.5. The van der Waals surface area contributed by atoms with Crippen LogP contribution in [0, 0.1) is 16.0 Å². The number of nitrogens with one attached hydrogen (secondary N) is 1. The Morgan fingerprint density at radius 3 is 2.52 bits per heavy atom. The maximum Gasteiger partial charge on any atom is 0.292 e. The van der Waals surface area contributed by atoms with Crippen molar-refractivity contribution in [2.24, 2.45) is 11.1 Å². The summed E-state index contributed by atoms with van der Waals surface area (Å²) in [7, 11) is -3.79. The van der Waals surface area contributed by atoms with E-state index in [1.807, 2.05) is 4.90 Å². The minimum Gasteiger partial charge on any atom is -0.366 e. The molecule has 0 saturated carbocycles. The fraction of sp³-hybridized carbons (Fsp3) is 0.316. The molecule has 1 aliphatic rings. The number of amides is 1. The summed E-state index contributed by atoms with van der Waals surface area (Å²) in [6, 6.07) is 12.7. The molecule has 154 valence electrons. The van der Waals surface area contributed by atoms with Crippen LogP contribution < -0.4 is 15.4 Å². The smallest absolute Gasteiger partial charge is 0.292 e. The second-order valence-corrected chi connectivity index (χ2v) is 8.48. The van der Waals surface area contributed by atoms with Crippen LogP contribution in [0.3, 0.4) is 0 Å². The van der Waals surface area contributed by atoms with Gasteiger partial charge in [-0.3, -0.25) is 14.9 Å². The Hall–Kier alpha value is -2.98. The summed E-state index contributed by atoms with van der Waals surface area (Å²) in [6.45, 7) is 1.29. The number of rotatable bonds is 6. The van der Waals surface area contributed by atoms with Crippen molar-refractivity contribution in [1.82, 2.24) is 5.32 Å². The zero-order chi connectivity index (χ0) is 21.0. The first-order valence-corrected chi connectivity index (χ1v) is 10.7. The summed E-state index contributed by atoms with van der Waals surface area (Å²) in [5.74, 6) is -0.316. The largest absolute Gasteiger partial charge is 0.366 e. The number of hydrogen-bond donors (Lipinski definition) is 2. The number of piperidine rings is 1. The first-order valence-electron chi connectivity index (χ1n) is 9.13. The number of hydrogen-bond acceptors (Lipinski definition) is 6. The third-order valence-electron chi connectivity index (χ3n) is 4.98. The lowest BCUT2D eigenvalue weighted by atomic mass is 9.95. The number of sulfonamides is 1. The molecule has 29 heavy (non-hydrogen) atoms. The van der Waals surface area contributed by atoms with Gasteiger partial charge in [0.1, 0.15) is 5.69 Å². The molecule has 3 N–H and O–H groups in total. The average Bonchev–Trinajstić information content (AvgIpc) is 2.71. The fourth-order valence-electron chi connectivity index (χ4n) is 3.43. The van der Waals surface area contributed by atoms with Crippen LogP contribution in [0.4, 0.5) is 11.4 Å². The first kappa shape index (κ1) is 20.7. The van der Waals surface area contributed by atoms with Gasteiger partial charge in [0.25, 0.3) is 5.69 Å². The fourth-order valence-corrected chi connectivity index (χ4v) is 4.02. The van der Waals surface area contributed by atoms with Crippen LogP contribution in [0.1, 0.15) is 18.4 Å². The van der Waals surface area contributed by atoms with Gasteiger partial charge < -0.3 is 10.2 Å². The van der Waals surface area contributed by atoms with Crippen molar-refractivity contribution >= 4 is 27.3 Å². The number of nitro groups is 1. The highest BCUT2D eigenvalue weighted by molar-refractivity contribution is 7.89. The van der Waals surface area contributed by atoms with Crippen LogP contribution in [-0.4, -0.2) is 32.3 Å². The molecule has 1 amide bonds. The van der Waals surface area contributed by atoms with E-state index in [0.717, 1.165) is 0 Å². The number of carbonyl (C=O) groups excluding carboxylic acids is 1. The van der Waals surface area contributed by atoms with E-state index < -0.39 is 14.9 Å². The molecule has 0 bridgehead atoms. The van der Waals surface area contributed by atoms with Crippen molar-refractivity contribution in [3.8, 4) is 0 Å². The van der Waals surface area contributed by atoms with Gasteiger partial charge in [-0.05, 0) is 36.6 Å². The van der Waals surface area contributed by atoms with Crippen LogP contribution in [0.25, 0.3) is 0 Å². The van der Waals surface area contributed by atoms with E-state index in [2.05, 4.69) is 5.32 Å². The Bertz CT molecular complexity index is 1020. The Morgan fingerprint density at radius 2 is 1.86 bits per heavy atom. The Kier molecular flexibility index (Phi) is 6.14. The van der Waals surface area contributed by atoms with Gasteiger partial charge >= 0.3 is 0 Å². The highest BCUT2D eigenvalue weighted by atomic mass is 32.2. The number of nitrogens with zero attached hydrogens (tertiary/aromatic N) is 2. The molecule has 1 aliphatic heterocycles. The zero-order valence-electron chi connectivity index (χ0n) is 15.7. The number of nitro benzene ring substituents is 1. The zero-order valence-corrected chi connectivity index (χ0v) is 16.5. The summed E-state index contributed by atoms with van der Waals surface area (Å²) >= 11 is 0. The van der Waals surface area contributed by atoms with Crippen molar-refractivity contribution in [1.29, 1.82) is 0 Å². The van der Waals surface area contributed by atoms with Crippen LogP contribution in [-0.2, 0) is 21.4 Å². The van der Waals surface area contributed by atoms with Crippen molar-refractivity contribution in [2.75, 3.05) is 18.0 Å². The minimum atomic E-state index is -3.79. The third-order valence-corrected chi connectivity index (χ3v) is 5.89. The van der Waals surface area contributed by atoms with E-state index >= 15 is 0 Å². The Morgan fingerprint density at radius 1 is 1.17 bits per heavy atom. The molecule has 0 aliphatic carbocycles. The normalized spacial score (nSPS) is 15.1. The average molecular weight is 418 g/mol. The molecule has 0 spiro atoms. The molecular weight excluding hydrogens is 396 g/mol. The summed E-state index contributed by atoms with van der Waals surface area (Å²) in [5.41, 5.74) is 1.27. The lowest BCUT2D eigenvalue weighted by molar-refractivity contribution is -0.384. The van der Waals surface area contributed by atoms with Crippen LogP contribution >= 0.6 is 0 Å². The summed E-state index contributed by atoms with van der Waals surface area (Å²) < 4.78 is 22.9. The highest BCUT2D eigenvalue weighted by Crippen LogP contribution is 2.31. The van der Waals surface area contributed by atoms with E-state index in [1.165, 1.54) is 18.2 Å². The predicted molar refractivity (Wildman–Crippen MR) is 108 cm³/mol. The minimum absolute atomic E-state index is 0.00186. The van der Waals surface area contributed by atoms with Gasteiger partial charge in [-0.2, -0.15) is 0 Å². The summed E-state index contributed by atoms with van der Waals surface area (Å²) in [4.78, 5) is 25.2. The molecule has 10 heteroatoms. The number of benzene rings is 2. The third kappa shape index (κ3) is 5.09. The Labute approximate surface area is 168 Å². The molecule has 2 aromatic rings. The van der Waals surface area contributed by atoms with Gasteiger partial charge in [0.05, 0.1) is 9.82 Å². The van der Waals surface area contributed by atoms with Crippen molar-refractivity contribution in [2.45, 2.75) is 24.3 Å². The van der Waals surface area contributed by atoms with Gasteiger partial charge in [-0.1, -0.05) is 24.3 Å². The van der Waals surface area contributed by atoms with E-state index in [1.54, 1.807) is 30.3 Å². The number of carbonyl (C=O) groups is 1. The van der Waals surface area contributed by atoms with Gasteiger partial charge in [-0.15, -0.1) is 0 Å². The first-order chi connectivity index (χ1) is 13.8. The Balaban J connectivity index is 1.57. The molecular formula is C19H22N4O5S. The number of nitrogens with two attached hydrogens (primary N) is 1. The number of anilines is 1. The van der Waals surface area contributed by atoms with Crippen LogP contribution in [0.15, 0.2) is 53.4 Å². The molecule has 1 fully saturated rings. The highest BCUT2D eigenvalue weighted by Gasteiger charge is 2.28. The quantitative estimate of drug-likeness (QED) is 0.542. The lowest BCUT2D eigenvalue weighted by Gasteiger charge is -2.32. The van der Waals surface area contributed by atoms with Gasteiger partial charge in [-0.25, -0.2) is 13.6 Å². The van der Waals surface area contributed by atoms with Crippen LogP contribution in [0.5, 0.6) is 0 Å². The predicted octanol–water partition coefficient (Wildman–Crippen LogP) is 1.77. The molecule has 1 heterocycles. The molecule has 0 aromatic heterocycles. The van der Waals surface area contributed by atoms with Gasteiger partial charge in [0.15, 0.2) is 0 Å². The van der Waals surface area contributed by atoms with Crippen molar-refractivity contribution < 1.29 is 18.1 Å². The number of primary sulfonamides is 1. The second-order valence-electron chi connectivity index (χ2n) is 6.92. The molecule has 1 saturated heterocycles. The molecule has 0 radical (unpaired) electrons. The molecule has 3 rings (SSSR count). The second kappa shape index (κ2) is 8.58. The van der Waals surface area contributed by atoms with E-state index in [9.17, 15) is 23.3 Å². The van der Waals surface area contributed by atoms with Crippen molar-refractivity contribution in [3.05, 3.63) is 64.2 Å². The maximum absolute atomic E-state index is 12.5. The molecule has 0 atom stereocenters. The van der Waals surface area contributed by atoms with Gasteiger partial charge in [0.2, 0.25) is 15.9 Å². The van der Waals surface area contributed by atoms with E-state index in [0.29, 0.717) is 37.2 Å².